The highest BCUT2D eigenvalue weighted by Crippen LogP contribution is 2.41. The van der Waals surface area contributed by atoms with E-state index in [1.165, 1.54) is 3.57 Å². The molecule has 0 aliphatic heterocycles. The summed E-state index contributed by atoms with van der Waals surface area (Å²) in [5.41, 5.74) is 2.09. The van der Waals surface area contributed by atoms with E-state index < -0.39 is 0 Å². The number of methoxy groups -OCH3 is 2. The van der Waals surface area contributed by atoms with E-state index in [0.29, 0.717) is 16.5 Å². The number of alkyl halides is 1. The third-order valence-corrected chi connectivity index (χ3v) is 5.01. The molecule has 0 heterocycles. The van der Waals surface area contributed by atoms with E-state index in [1.807, 2.05) is 6.07 Å². The Bertz CT molecular complexity index is 602. The van der Waals surface area contributed by atoms with Crippen LogP contribution in [0.5, 0.6) is 11.5 Å². The Hall–Kier alpha value is -0.460. The molecule has 106 valence electrons. The Balaban J connectivity index is 2.43. The molecule has 2 rings (SSSR count). The molecular formula is C15H13BrClIO2. The zero-order valence-corrected chi connectivity index (χ0v) is 15.5. The minimum Gasteiger partial charge on any atom is -0.493 e. The van der Waals surface area contributed by atoms with Gasteiger partial charge >= 0.3 is 0 Å². The van der Waals surface area contributed by atoms with Gasteiger partial charge in [0.05, 0.1) is 19.0 Å². The summed E-state index contributed by atoms with van der Waals surface area (Å²) >= 11 is 12.3. The van der Waals surface area contributed by atoms with Gasteiger partial charge in [-0.15, -0.1) is 0 Å². The van der Waals surface area contributed by atoms with Crippen LogP contribution in [0.2, 0.25) is 5.02 Å². The molecule has 0 amide bonds. The molecule has 2 nitrogen and oxygen atoms in total. The number of ether oxygens (including phenoxy) is 2. The summed E-state index contributed by atoms with van der Waals surface area (Å²) in [6, 6.07) is 12.0. The molecule has 0 bridgehead atoms. The fourth-order valence-corrected chi connectivity index (χ4v) is 3.31. The second-order valence-corrected chi connectivity index (χ2v) is 6.71. The first kappa shape index (κ1) is 15.9. The predicted octanol–water partition coefficient (Wildman–Crippen LogP) is 5.45. The van der Waals surface area contributed by atoms with Crippen molar-refractivity contribution in [3.05, 3.63) is 56.1 Å². The predicted molar refractivity (Wildman–Crippen MR) is 94.5 cm³/mol. The molecule has 0 N–H and O–H groups in total. The van der Waals surface area contributed by atoms with Gasteiger partial charge < -0.3 is 9.47 Å². The van der Waals surface area contributed by atoms with E-state index in [2.05, 4.69) is 62.8 Å². The summed E-state index contributed by atoms with van der Waals surface area (Å²) in [5.74, 6) is 1.30. The molecule has 0 aromatic heterocycles. The monoisotopic (exact) mass is 466 g/mol. The van der Waals surface area contributed by atoms with Crippen molar-refractivity contribution in [2.45, 2.75) is 4.83 Å². The molecule has 0 saturated carbocycles. The molecule has 1 unspecified atom stereocenters. The second kappa shape index (κ2) is 7.00. The van der Waals surface area contributed by atoms with E-state index in [9.17, 15) is 0 Å². The number of benzene rings is 2. The highest BCUT2D eigenvalue weighted by Gasteiger charge is 2.17. The normalized spacial score (nSPS) is 12.1. The van der Waals surface area contributed by atoms with Crippen LogP contribution in [-0.2, 0) is 0 Å². The Labute approximate surface area is 145 Å². The van der Waals surface area contributed by atoms with Crippen molar-refractivity contribution in [1.82, 2.24) is 0 Å². The van der Waals surface area contributed by atoms with Crippen LogP contribution >= 0.6 is 50.1 Å². The van der Waals surface area contributed by atoms with Gasteiger partial charge in [0.2, 0.25) is 0 Å². The van der Waals surface area contributed by atoms with Gasteiger partial charge in [-0.2, -0.15) is 0 Å². The largest absolute Gasteiger partial charge is 0.493 e. The van der Waals surface area contributed by atoms with Crippen LogP contribution in [0, 0.1) is 3.57 Å². The Morgan fingerprint density at radius 1 is 1.05 bits per heavy atom. The van der Waals surface area contributed by atoms with Crippen molar-refractivity contribution in [2.75, 3.05) is 14.2 Å². The second-order valence-electron chi connectivity index (χ2n) is 4.14. The quantitative estimate of drug-likeness (QED) is 0.440. The maximum Gasteiger partial charge on any atom is 0.162 e. The van der Waals surface area contributed by atoms with Crippen molar-refractivity contribution in [3.8, 4) is 11.5 Å². The van der Waals surface area contributed by atoms with Crippen molar-refractivity contribution < 1.29 is 9.47 Å². The molecule has 0 saturated heterocycles. The first-order valence-electron chi connectivity index (χ1n) is 5.87. The van der Waals surface area contributed by atoms with Gasteiger partial charge in [0, 0.05) is 14.7 Å². The maximum absolute atomic E-state index is 6.35. The summed E-state index contributed by atoms with van der Waals surface area (Å²) in [5, 5.41) is 0.642. The van der Waals surface area contributed by atoms with Crippen LogP contribution in [0.4, 0.5) is 0 Å². The minimum atomic E-state index is 0.00630. The smallest absolute Gasteiger partial charge is 0.162 e. The lowest BCUT2D eigenvalue weighted by Crippen LogP contribution is -1.97. The maximum atomic E-state index is 6.35. The van der Waals surface area contributed by atoms with E-state index in [0.717, 1.165) is 11.1 Å². The SMILES string of the molecule is COc1cc(Cl)c(C(Br)c2ccc(I)cc2)cc1OC. The molecule has 0 aliphatic carbocycles. The van der Waals surface area contributed by atoms with Gasteiger partial charge in [-0.3, -0.25) is 0 Å². The van der Waals surface area contributed by atoms with E-state index in [4.69, 9.17) is 21.1 Å². The lowest BCUT2D eigenvalue weighted by molar-refractivity contribution is 0.354. The minimum absolute atomic E-state index is 0.00630. The number of rotatable bonds is 4. The van der Waals surface area contributed by atoms with Crippen molar-refractivity contribution in [1.29, 1.82) is 0 Å². The number of halogens is 3. The van der Waals surface area contributed by atoms with Crippen LogP contribution in [-0.4, -0.2) is 14.2 Å². The van der Waals surface area contributed by atoms with E-state index in [-0.39, 0.29) is 4.83 Å². The van der Waals surface area contributed by atoms with Gasteiger partial charge in [-0.1, -0.05) is 39.7 Å². The molecule has 0 spiro atoms. The zero-order chi connectivity index (χ0) is 14.7. The van der Waals surface area contributed by atoms with Crippen LogP contribution in [0.3, 0.4) is 0 Å². The first-order chi connectivity index (χ1) is 9.56. The van der Waals surface area contributed by atoms with Gasteiger partial charge in [0.15, 0.2) is 11.5 Å². The van der Waals surface area contributed by atoms with Crippen molar-refractivity contribution in [3.63, 3.8) is 0 Å². The van der Waals surface area contributed by atoms with Gasteiger partial charge in [0.1, 0.15) is 0 Å². The Morgan fingerprint density at radius 2 is 1.60 bits per heavy atom. The van der Waals surface area contributed by atoms with Crippen LogP contribution in [0.25, 0.3) is 0 Å². The average molecular weight is 468 g/mol. The Kier molecular flexibility index (Phi) is 5.57. The van der Waals surface area contributed by atoms with Crippen molar-refractivity contribution >= 4 is 50.1 Å². The molecule has 5 heteroatoms. The molecule has 2 aromatic carbocycles. The molecule has 2 aromatic rings. The summed E-state index contributed by atoms with van der Waals surface area (Å²) < 4.78 is 11.8. The highest BCUT2D eigenvalue weighted by molar-refractivity contribution is 14.1. The zero-order valence-electron chi connectivity index (χ0n) is 11.0. The van der Waals surface area contributed by atoms with Gasteiger partial charge in [0.25, 0.3) is 0 Å². The first-order valence-corrected chi connectivity index (χ1v) is 8.25. The fourth-order valence-electron chi connectivity index (χ4n) is 1.88. The van der Waals surface area contributed by atoms with Gasteiger partial charge in [-0.25, -0.2) is 0 Å². The Morgan fingerprint density at radius 3 is 2.15 bits per heavy atom. The summed E-state index contributed by atoms with van der Waals surface area (Å²) in [6.45, 7) is 0. The van der Waals surface area contributed by atoms with Crippen LogP contribution in [0.15, 0.2) is 36.4 Å². The molecule has 0 aliphatic rings. The lowest BCUT2D eigenvalue weighted by atomic mass is 10.0. The number of hydrogen-bond acceptors (Lipinski definition) is 2. The van der Waals surface area contributed by atoms with Crippen LogP contribution < -0.4 is 9.47 Å². The molecule has 20 heavy (non-hydrogen) atoms. The summed E-state index contributed by atoms with van der Waals surface area (Å²) in [7, 11) is 3.21. The lowest BCUT2D eigenvalue weighted by Gasteiger charge is -2.16. The molecular weight excluding hydrogens is 454 g/mol. The molecule has 1 atom stereocenters. The van der Waals surface area contributed by atoms with E-state index >= 15 is 0 Å². The third-order valence-electron chi connectivity index (χ3n) is 2.94. The molecule has 0 radical (unpaired) electrons. The summed E-state index contributed by atoms with van der Waals surface area (Å²) in [4.78, 5) is 0.00630. The highest BCUT2D eigenvalue weighted by atomic mass is 127. The van der Waals surface area contributed by atoms with E-state index in [1.54, 1.807) is 20.3 Å². The molecule has 0 fully saturated rings. The van der Waals surface area contributed by atoms with Gasteiger partial charge in [-0.05, 0) is 51.9 Å². The standard InChI is InChI=1S/C15H13BrClIO2/c1-19-13-7-11(12(17)8-14(13)20-2)15(16)9-3-5-10(18)6-4-9/h3-8,15H,1-2H3. The van der Waals surface area contributed by atoms with Crippen LogP contribution in [0.1, 0.15) is 16.0 Å². The summed E-state index contributed by atoms with van der Waals surface area (Å²) in [6.07, 6.45) is 0. The third kappa shape index (κ3) is 3.40. The number of hydrogen-bond donors (Lipinski definition) is 0. The van der Waals surface area contributed by atoms with Crippen molar-refractivity contribution in [2.24, 2.45) is 0 Å². The fraction of sp³-hybridized carbons (Fsp3) is 0.200. The average Bonchev–Trinajstić information content (AvgIpc) is 2.47. The topological polar surface area (TPSA) is 18.5 Å².